The molecule has 1 fully saturated rings. The maximum absolute atomic E-state index is 11.6. The molecule has 0 unspecified atom stereocenters. The molecule has 2 rings (SSSR count). The van der Waals surface area contributed by atoms with Gasteiger partial charge in [-0.25, -0.2) is 0 Å². The van der Waals surface area contributed by atoms with Crippen LogP contribution in [0.5, 0.6) is 5.75 Å². The summed E-state index contributed by atoms with van der Waals surface area (Å²) in [4.78, 5) is 11.6. The van der Waals surface area contributed by atoms with Crippen LogP contribution in [-0.2, 0) is 4.79 Å². The summed E-state index contributed by atoms with van der Waals surface area (Å²) in [5, 5.41) is 2.95. The molecule has 0 spiro atoms. The lowest BCUT2D eigenvalue weighted by molar-refractivity contribution is -0.121. The predicted molar refractivity (Wildman–Crippen MR) is 75.1 cm³/mol. The molecule has 4 nitrogen and oxygen atoms in total. The molecule has 104 valence electrons. The molecule has 0 aromatic heterocycles. The number of ether oxygens (including phenoxy) is 1. The van der Waals surface area contributed by atoms with E-state index in [1.807, 2.05) is 32.0 Å². The Morgan fingerprint density at radius 1 is 1.53 bits per heavy atom. The SMILES string of the molecule is Cc1ccc([C@H](C)N)c(OCCC(=O)NC2CC2)c1. The van der Waals surface area contributed by atoms with Crippen molar-refractivity contribution in [3.05, 3.63) is 29.3 Å². The highest BCUT2D eigenvalue weighted by Crippen LogP contribution is 2.25. The number of amides is 1. The van der Waals surface area contributed by atoms with E-state index in [1.54, 1.807) is 0 Å². The van der Waals surface area contributed by atoms with Gasteiger partial charge in [-0.05, 0) is 38.3 Å². The van der Waals surface area contributed by atoms with E-state index in [0.29, 0.717) is 19.1 Å². The molecule has 1 aromatic carbocycles. The number of nitrogens with two attached hydrogens (primary N) is 1. The highest BCUT2D eigenvalue weighted by Gasteiger charge is 2.22. The van der Waals surface area contributed by atoms with Crippen LogP contribution in [0.2, 0.25) is 0 Å². The summed E-state index contributed by atoms with van der Waals surface area (Å²) in [7, 11) is 0. The second kappa shape index (κ2) is 6.06. The number of benzene rings is 1. The van der Waals surface area contributed by atoms with Gasteiger partial charge < -0.3 is 15.8 Å². The molecule has 0 radical (unpaired) electrons. The maximum Gasteiger partial charge on any atom is 0.223 e. The lowest BCUT2D eigenvalue weighted by Crippen LogP contribution is -2.26. The number of carbonyl (C=O) groups is 1. The van der Waals surface area contributed by atoms with E-state index >= 15 is 0 Å². The quantitative estimate of drug-likeness (QED) is 0.824. The zero-order valence-electron chi connectivity index (χ0n) is 11.6. The van der Waals surface area contributed by atoms with Crippen molar-refractivity contribution in [2.24, 2.45) is 5.73 Å². The van der Waals surface area contributed by atoms with Gasteiger partial charge in [0, 0.05) is 17.6 Å². The zero-order chi connectivity index (χ0) is 13.8. The fourth-order valence-corrected chi connectivity index (χ4v) is 1.92. The molecular formula is C15H22N2O2. The first-order chi connectivity index (χ1) is 9.06. The molecule has 1 saturated carbocycles. The van der Waals surface area contributed by atoms with E-state index in [9.17, 15) is 4.79 Å². The summed E-state index contributed by atoms with van der Waals surface area (Å²) in [5.41, 5.74) is 8.02. The molecule has 1 atom stereocenters. The second-order valence-corrected chi connectivity index (χ2v) is 5.27. The van der Waals surface area contributed by atoms with Crippen molar-refractivity contribution in [1.82, 2.24) is 5.32 Å². The van der Waals surface area contributed by atoms with E-state index < -0.39 is 0 Å². The first kappa shape index (κ1) is 13.9. The minimum Gasteiger partial charge on any atom is -0.493 e. The zero-order valence-corrected chi connectivity index (χ0v) is 11.6. The monoisotopic (exact) mass is 262 g/mol. The Morgan fingerprint density at radius 2 is 2.26 bits per heavy atom. The van der Waals surface area contributed by atoms with Crippen LogP contribution in [0.1, 0.15) is 43.4 Å². The summed E-state index contributed by atoms with van der Waals surface area (Å²) in [6.45, 7) is 4.33. The smallest absolute Gasteiger partial charge is 0.223 e. The fraction of sp³-hybridized carbons (Fsp3) is 0.533. The Labute approximate surface area is 114 Å². The highest BCUT2D eigenvalue weighted by molar-refractivity contribution is 5.76. The second-order valence-electron chi connectivity index (χ2n) is 5.27. The number of hydrogen-bond acceptors (Lipinski definition) is 3. The molecular weight excluding hydrogens is 240 g/mol. The van der Waals surface area contributed by atoms with Crippen molar-refractivity contribution in [3.63, 3.8) is 0 Å². The topological polar surface area (TPSA) is 64.3 Å². The summed E-state index contributed by atoms with van der Waals surface area (Å²) in [6.07, 6.45) is 2.61. The van der Waals surface area contributed by atoms with E-state index in [2.05, 4.69) is 5.32 Å². The van der Waals surface area contributed by atoms with Gasteiger partial charge in [0.15, 0.2) is 0 Å². The molecule has 0 bridgehead atoms. The number of rotatable bonds is 6. The number of hydrogen-bond donors (Lipinski definition) is 2. The summed E-state index contributed by atoms with van der Waals surface area (Å²) in [5.74, 6) is 0.853. The van der Waals surface area contributed by atoms with Gasteiger partial charge in [-0.3, -0.25) is 4.79 Å². The lowest BCUT2D eigenvalue weighted by atomic mass is 10.1. The van der Waals surface area contributed by atoms with Crippen LogP contribution in [0.15, 0.2) is 18.2 Å². The van der Waals surface area contributed by atoms with Crippen LogP contribution in [-0.4, -0.2) is 18.6 Å². The molecule has 19 heavy (non-hydrogen) atoms. The third-order valence-electron chi connectivity index (χ3n) is 3.19. The highest BCUT2D eigenvalue weighted by atomic mass is 16.5. The third-order valence-corrected chi connectivity index (χ3v) is 3.19. The van der Waals surface area contributed by atoms with Gasteiger partial charge in [0.1, 0.15) is 5.75 Å². The van der Waals surface area contributed by atoms with Crippen LogP contribution in [0.3, 0.4) is 0 Å². The van der Waals surface area contributed by atoms with Crippen molar-refractivity contribution >= 4 is 5.91 Å². The van der Waals surface area contributed by atoms with Gasteiger partial charge in [0.2, 0.25) is 5.91 Å². The third kappa shape index (κ3) is 4.24. The molecule has 0 saturated heterocycles. The van der Waals surface area contributed by atoms with Crippen molar-refractivity contribution < 1.29 is 9.53 Å². The Kier molecular flexibility index (Phi) is 4.43. The van der Waals surface area contributed by atoms with Gasteiger partial charge in [-0.15, -0.1) is 0 Å². The Balaban J connectivity index is 1.87. The van der Waals surface area contributed by atoms with Crippen LogP contribution >= 0.6 is 0 Å². The lowest BCUT2D eigenvalue weighted by Gasteiger charge is -2.14. The standard InChI is InChI=1S/C15H22N2O2/c1-10-3-6-13(11(2)16)14(9-10)19-8-7-15(18)17-12-4-5-12/h3,6,9,11-12H,4-5,7-8,16H2,1-2H3,(H,17,18)/t11-/m0/s1. The van der Waals surface area contributed by atoms with Crippen molar-refractivity contribution in [1.29, 1.82) is 0 Å². The van der Waals surface area contributed by atoms with Crippen molar-refractivity contribution in [2.75, 3.05) is 6.61 Å². The normalized spacial score (nSPS) is 15.9. The van der Waals surface area contributed by atoms with E-state index in [0.717, 1.165) is 29.7 Å². The molecule has 0 aliphatic heterocycles. The fourth-order valence-electron chi connectivity index (χ4n) is 1.92. The average Bonchev–Trinajstić information content (AvgIpc) is 3.12. The molecule has 1 aromatic rings. The largest absolute Gasteiger partial charge is 0.493 e. The van der Waals surface area contributed by atoms with Crippen LogP contribution in [0.4, 0.5) is 0 Å². The minimum absolute atomic E-state index is 0.0671. The molecule has 1 amide bonds. The predicted octanol–water partition coefficient (Wildman–Crippen LogP) is 2.06. The molecule has 3 N–H and O–H groups in total. The number of nitrogens with one attached hydrogen (secondary N) is 1. The van der Waals surface area contributed by atoms with Gasteiger partial charge in [0.25, 0.3) is 0 Å². The average molecular weight is 262 g/mol. The maximum atomic E-state index is 11.6. The van der Waals surface area contributed by atoms with E-state index in [-0.39, 0.29) is 11.9 Å². The Bertz CT molecular complexity index is 453. The number of aryl methyl sites for hydroxylation is 1. The van der Waals surface area contributed by atoms with Gasteiger partial charge in [0.05, 0.1) is 13.0 Å². The Morgan fingerprint density at radius 3 is 2.89 bits per heavy atom. The van der Waals surface area contributed by atoms with Crippen molar-refractivity contribution in [2.45, 2.75) is 45.2 Å². The van der Waals surface area contributed by atoms with E-state index in [4.69, 9.17) is 10.5 Å². The van der Waals surface area contributed by atoms with Crippen LogP contribution in [0.25, 0.3) is 0 Å². The van der Waals surface area contributed by atoms with Crippen LogP contribution in [0, 0.1) is 6.92 Å². The summed E-state index contributed by atoms with van der Waals surface area (Å²) >= 11 is 0. The molecule has 4 heteroatoms. The Hall–Kier alpha value is -1.55. The number of carbonyl (C=O) groups excluding carboxylic acids is 1. The first-order valence-electron chi connectivity index (χ1n) is 6.84. The van der Waals surface area contributed by atoms with Gasteiger partial charge >= 0.3 is 0 Å². The van der Waals surface area contributed by atoms with E-state index in [1.165, 1.54) is 0 Å². The summed E-state index contributed by atoms with van der Waals surface area (Å²) in [6, 6.07) is 6.31. The first-order valence-corrected chi connectivity index (χ1v) is 6.84. The minimum atomic E-state index is -0.0732. The molecule has 0 heterocycles. The van der Waals surface area contributed by atoms with Gasteiger partial charge in [-0.2, -0.15) is 0 Å². The summed E-state index contributed by atoms with van der Waals surface area (Å²) < 4.78 is 5.71. The van der Waals surface area contributed by atoms with Crippen LogP contribution < -0.4 is 15.8 Å². The molecule has 1 aliphatic carbocycles. The van der Waals surface area contributed by atoms with Gasteiger partial charge in [-0.1, -0.05) is 12.1 Å². The van der Waals surface area contributed by atoms with Crippen molar-refractivity contribution in [3.8, 4) is 5.75 Å². The molecule has 1 aliphatic rings.